The van der Waals surface area contributed by atoms with E-state index < -0.39 is 0 Å². The zero-order chi connectivity index (χ0) is 10.6. The Kier molecular flexibility index (Phi) is 4.53. The van der Waals surface area contributed by atoms with Gasteiger partial charge in [-0.15, -0.1) is 11.8 Å². The molecule has 1 heteroatoms. The number of thioether (sulfide) groups is 1. The fourth-order valence-corrected chi connectivity index (χ4v) is 2.66. The van der Waals surface area contributed by atoms with Crippen LogP contribution in [0.4, 0.5) is 0 Å². The molecule has 0 aromatic heterocycles. The van der Waals surface area contributed by atoms with Gasteiger partial charge in [-0.25, -0.2) is 0 Å². The van der Waals surface area contributed by atoms with Gasteiger partial charge in [0.1, 0.15) is 0 Å². The molecule has 1 aliphatic rings. The molecule has 0 nitrogen and oxygen atoms in total. The Bertz CT molecular complexity index is 289. The molecule has 14 heavy (non-hydrogen) atoms. The third kappa shape index (κ3) is 2.54. The summed E-state index contributed by atoms with van der Waals surface area (Å²) in [5, 5.41) is 0. The Balaban J connectivity index is 0.000000461. The van der Waals surface area contributed by atoms with Gasteiger partial charge in [-0.2, -0.15) is 0 Å². The fraction of sp³-hybridized carbons (Fsp3) is 0.538. The molecule has 0 atom stereocenters. The first-order chi connectivity index (χ1) is 6.77. The maximum absolute atomic E-state index is 2.36. The first kappa shape index (κ1) is 11.6. The van der Waals surface area contributed by atoms with E-state index in [1.807, 2.05) is 25.6 Å². The third-order valence-electron chi connectivity index (χ3n) is 2.39. The van der Waals surface area contributed by atoms with Crippen molar-refractivity contribution < 1.29 is 0 Å². The molecule has 2 rings (SSSR count). The Morgan fingerprint density at radius 3 is 2.57 bits per heavy atom. The molecule has 0 amide bonds. The molecule has 1 aromatic rings. The molecule has 0 saturated heterocycles. The lowest BCUT2D eigenvalue weighted by Crippen LogP contribution is -1.88. The van der Waals surface area contributed by atoms with Crippen LogP contribution in [0, 0.1) is 0 Å². The van der Waals surface area contributed by atoms with Gasteiger partial charge in [0.25, 0.3) is 0 Å². The zero-order valence-electron chi connectivity index (χ0n) is 9.63. The minimum atomic E-state index is 0.663. The highest BCUT2D eigenvalue weighted by molar-refractivity contribution is 7.99. The molecule has 1 heterocycles. The smallest absolute Gasteiger partial charge is 0.0107 e. The average molecular weight is 208 g/mol. The molecule has 0 N–H and O–H groups in total. The van der Waals surface area contributed by atoms with Crippen LogP contribution < -0.4 is 0 Å². The van der Waals surface area contributed by atoms with Crippen LogP contribution >= 0.6 is 11.8 Å². The highest BCUT2D eigenvalue weighted by Gasteiger charge is 2.11. The van der Waals surface area contributed by atoms with Gasteiger partial charge >= 0.3 is 0 Å². The molecular weight excluding hydrogens is 188 g/mol. The van der Waals surface area contributed by atoms with E-state index in [0.717, 1.165) is 0 Å². The summed E-state index contributed by atoms with van der Waals surface area (Å²) in [6.07, 6.45) is 1.26. The Labute approximate surface area is 92.1 Å². The van der Waals surface area contributed by atoms with Crippen LogP contribution in [-0.4, -0.2) is 5.75 Å². The highest BCUT2D eigenvalue weighted by Crippen LogP contribution is 2.33. The van der Waals surface area contributed by atoms with E-state index in [4.69, 9.17) is 0 Å². The number of benzene rings is 1. The Morgan fingerprint density at radius 1 is 1.21 bits per heavy atom. The maximum Gasteiger partial charge on any atom is 0.0107 e. The predicted molar refractivity (Wildman–Crippen MR) is 66.3 cm³/mol. The number of fused-ring (bicyclic) bond motifs is 1. The molecular formula is C13H20S. The van der Waals surface area contributed by atoms with Gasteiger partial charge in [0.05, 0.1) is 0 Å². The van der Waals surface area contributed by atoms with Gasteiger partial charge in [-0.1, -0.05) is 39.8 Å². The first-order valence-electron chi connectivity index (χ1n) is 5.53. The van der Waals surface area contributed by atoms with Gasteiger partial charge in [-0.05, 0) is 29.5 Å². The lowest BCUT2D eigenvalue weighted by Gasteiger charge is -2.06. The second-order valence-electron chi connectivity index (χ2n) is 3.62. The SMILES string of the molecule is CC.CC(C)c1ccc2c(c1)SCC2. The second kappa shape index (κ2) is 5.45. The van der Waals surface area contributed by atoms with Crippen LogP contribution in [0.3, 0.4) is 0 Å². The van der Waals surface area contributed by atoms with Crippen LogP contribution in [0.1, 0.15) is 44.7 Å². The minimum Gasteiger partial charge on any atom is -0.126 e. The zero-order valence-corrected chi connectivity index (χ0v) is 10.4. The molecule has 0 aliphatic carbocycles. The lowest BCUT2D eigenvalue weighted by atomic mass is 10.0. The van der Waals surface area contributed by atoms with Crippen molar-refractivity contribution in [1.82, 2.24) is 0 Å². The second-order valence-corrected chi connectivity index (χ2v) is 4.76. The highest BCUT2D eigenvalue weighted by atomic mass is 32.2. The topological polar surface area (TPSA) is 0 Å². The lowest BCUT2D eigenvalue weighted by molar-refractivity contribution is 0.860. The van der Waals surface area contributed by atoms with Gasteiger partial charge in [0.2, 0.25) is 0 Å². The van der Waals surface area contributed by atoms with E-state index >= 15 is 0 Å². The normalized spacial score (nSPS) is 13.5. The summed E-state index contributed by atoms with van der Waals surface area (Å²) in [5.41, 5.74) is 3.02. The van der Waals surface area contributed by atoms with Crippen molar-refractivity contribution in [1.29, 1.82) is 0 Å². The van der Waals surface area contributed by atoms with Crippen LogP contribution in [0.15, 0.2) is 23.1 Å². The summed E-state index contributed by atoms with van der Waals surface area (Å²) < 4.78 is 0. The van der Waals surface area contributed by atoms with Crippen LogP contribution in [-0.2, 0) is 6.42 Å². The monoisotopic (exact) mass is 208 g/mol. The Morgan fingerprint density at radius 2 is 1.93 bits per heavy atom. The van der Waals surface area contributed by atoms with Gasteiger partial charge in [-0.3, -0.25) is 0 Å². The number of hydrogen-bond acceptors (Lipinski definition) is 1. The molecule has 78 valence electrons. The third-order valence-corrected chi connectivity index (χ3v) is 3.49. The molecule has 0 radical (unpaired) electrons. The van der Waals surface area contributed by atoms with Gasteiger partial charge in [0.15, 0.2) is 0 Å². The van der Waals surface area contributed by atoms with Crippen molar-refractivity contribution in [3.05, 3.63) is 29.3 Å². The van der Waals surface area contributed by atoms with Gasteiger partial charge < -0.3 is 0 Å². The van der Waals surface area contributed by atoms with E-state index in [2.05, 4.69) is 32.0 Å². The number of rotatable bonds is 1. The summed E-state index contributed by atoms with van der Waals surface area (Å²) >= 11 is 2.00. The largest absolute Gasteiger partial charge is 0.126 e. The summed E-state index contributed by atoms with van der Waals surface area (Å²) in [6, 6.07) is 6.93. The van der Waals surface area contributed by atoms with Crippen LogP contribution in [0.25, 0.3) is 0 Å². The van der Waals surface area contributed by atoms with Crippen LogP contribution in [0.5, 0.6) is 0 Å². The molecule has 0 spiro atoms. The Hall–Kier alpha value is -0.430. The fourth-order valence-electron chi connectivity index (χ4n) is 1.54. The predicted octanol–water partition coefficient (Wildman–Crippen LogP) is 4.48. The van der Waals surface area contributed by atoms with E-state index in [-0.39, 0.29) is 0 Å². The molecule has 1 aromatic carbocycles. The average Bonchev–Trinajstić information content (AvgIpc) is 2.67. The molecule has 0 saturated carbocycles. The summed E-state index contributed by atoms with van der Waals surface area (Å²) in [4.78, 5) is 1.52. The van der Waals surface area contributed by atoms with Crippen molar-refractivity contribution in [3.8, 4) is 0 Å². The van der Waals surface area contributed by atoms with E-state index in [0.29, 0.717) is 5.92 Å². The molecule has 0 bridgehead atoms. The quantitative estimate of drug-likeness (QED) is 0.655. The van der Waals surface area contributed by atoms with E-state index in [9.17, 15) is 0 Å². The maximum atomic E-state index is 2.36. The van der Waals surface area contributed by atoms with Crippen molar-refractivity contribution in [2.24, 2.45) is 0 Å². The van der Waals surface area contributed by atoms with Crippen LogP contribution in [0.2, 0.25) is 0 Å². The number of hydrogen-bond donors (Lipinski definition) is 0. The van der Waals surface area contributed by atoms with Crippen molar-refractivity contribution in [2.75, 3.05) is 5.75 Å². The van der Waals surface area contributed by atoms with Crippen molar-refractivity contribution >= 4 is 11.8 Å². The summed E-state index contributed by atoms with van der Waals surface area (Å²) in [5.74, 6) is 1.94. The first-order valence-corrected chi connectivity index (χ1v) is 6.51. The number of aryl methyl sites for hydroxylation is 1. The van der Waals surface area contributed by atoms with Crippen molar-refractivity contribution in [3.63, 3.8) is 0 Å². The van der Waals surface area contributed by atoms with Gasteiger partial charge in [0, 0.05) is 10.6 Å². The molecule has 0 fully saturated rings. The van der Waals surface area contributed by atoms with E-state index in [1.54, 1.807) is 5.56 Å². The van der Waals surface area contributed by atoms with Crippen molar-refractivity contribution in [2.45, 2.75) is 44.9 Å². The molecule has 1 aliphatic heterocycles. The summed E-state index contributed by atoms with van der Waals surface area (Å²) in [6.45, 7) is 8.50. The minimum absolute atomic E-state index is 0.663. The molecule has 0 unspecified atom stereocenters. The standard InChI is InChI=1S/C11H14S.C2H6/c1-8(2)10-4-3-9-5-6-12-11(9)7-10;1-2/h3-4,7-8H,5-6H2,1-2H3;1-2H3. The summed E-state index contributed by atoms with van der Waals surface area (Å²) in [7, 11) is 0. The van der Waals surface area contributed by atoms with E-state index in [1.165, 1.54) is 22.6 Å².